The first kappa shape index (κ1) is 15.6. The summed E-state index contributed by atoms with van der Waals surface area (Å²) in [6.45, 7) is 0. The Bertz CT molecular complexity index is 694. The number of carboxylic acid groups (broad SMARTS) is 1. The molecule has 20 heavy (non-hydrogen) atoms. The van der Waals surface area contributed by atoms with Crippen molar-refractivity contribution >= 4 is 56.9 Å². The molecule has 0 saturated heterocycles. The molecule has 0 heterocycles. The third-order valence-corrected chi connectivity index (χ3v) is 4.94. The van der Waals surface area contributed by atoms with Crippen molar-refractivity contribution in [2.45, 2.75) is 9.79 Å². The molecule has 0 spiro atoms. The third kappa shape index (κ3) is 3.28. The molecule has 0 saturated carbocycles. The van der Waals surface area contributed by atoms with Crippen molar-refractivity contribution in [3.05, 3.63) is 56.2 Å². The molecule has 2 aromatic carbocycles. The zero-order valence-corrected chi connectivity index (χ0v) is 13.6. The van der Waals surface area contributed by atoms with E-state index in [-0.39, 0.29) is 10.0 Å². The summed E-state index contributed by atoms with van der Waals surface area (Å²) in [5.74, 6) is -1.82. The fourth-order valence-corrected chi connectivity index (χ4v) is 3.35. The summed E-state index contributed by atoms with van der Waals surface area (Å²) in [7, 11) is 0. The zero-order chi connectivity index (χ0) is 14.9. The first-order chi connectivity index (χ1) is 9.40. The summed E-state index contributed by atoms with van der Waals surface area (Å²) in [6.07, 6.45) is 0. The second kappa shape index (κ2) is 6.35. The molecule has 0 atom stereocenters. The van der Waals surface area contributed by atoms with Crippen molar-refractivity contribution < 1.29 is 14.3 Å². The minimum atomic E-state index is -1.19. The van der Waals surface area contributed by atoms with Gasteiger partial charge in [-0.1, -0.05) is 35.0 Å². The molecule has 0 aliphatic heterocycles. The molecule has 0 unspecified atom stereocenters. The summed E-state index contributed by atoms with van der Waals surface area (Å²) in [5, 5.41) is 9.69. The van der Waals surface area contributed by atoms with Gasteiger partial charge in [0.1, 0.15) is 0 Å². The zero-order valence-electron chi connectivity index (χ0n) is 9.66. The molecule has 2 rings (SSSR count). The molecular weight excluding hydrogens is 390 g/mol. The van der Waals surface area contributed by atoms with Gasteiger partial charge in [0, 0.05) is 9.79 Å². The lowest BCUT2D eigenvalue weighted by atomic mass is 10.2. The van der Waals surface area contributed by atoms with Crippen LogP contribution in [0.3, 0.4) is 0 Å². The van der Waals surface area contributed by atoms with Crippen molar-refractivity contribution in [2.75, 3.05) is 0 Å². The van der Waals surface area contributed by atoms with E-state index in [1.165, 1.54) is 12.1 Å². The number of halogens is 4. The minimum absolute atomic E-state index is 0.0740. The molecule has 104 valence electrons. The Morgan fingerprint density at radius 1 is 1.20 bits per heavy atom. The Labute approximate surface area is 137 Å². The molecule has 0 bridgehead atoms. The van der Waals surface area contributed by atoms with Gasteiger partial charge in [0.15, 0.2) is 5.82 Å². The number of aromatic carboxylic acids is 1. The highest BCUT2D eigenvalue weighted by Gasteiger charge is 2.16. The molecule has 2 aromatic rings. The van der Waals surface area contributed by atoms with Crippen LogP contribution in [0.15, 0.2) is 44.6 Å². The fraction of sp³-hybridized carbons (Fsp3) is 0. The molecule has 0 fully saturated rings. The lowest BCUT2D eigenvalue weighted by Gasteiger charge is -2.07. The van der Waals surface area contributed by atoms with E-state index >= 15 is 0 Å². The van der Waals surface area contributed by atoms with Crippen LogP contribution in [0.25, 0.3) is 0 Å². The van der Waals surface area contributed by atoms with Crippen LogP contribution >= 0.6 is 50.9 Å². The van der Waals surface area contributed by atoms with E-state index in [2.05, 4.69) is 15.9 Å². The van der Waals surface area contributed by atoms with Gasteiger partial charge in [-0.05, 0) is 46.3 Å². The smallest absolute Gasteiger partial charge is 0.336 e. The highest BCUT2D eigenvalue weighted by molar-refractivity contribution is 9.10. The Balaban J connectivity index is 2.37. The maximum Gasteiger partial charge on any atom is 0.336 e. The average molecular weight is 396 g/mol. The maximum atomic E-state index is 14.1. The van der Waals surface area contributed by atoms with Gasteiger partial charge in [0.2, 0.25) is 0 Å². The molecule has 0 aromatic heterocycles. The summed E-state index contributed by atoms with van der Waals surface area (Å²) in [4.78, 5) is 11.9. The van der Waals surface area contributed by atoms with Crippen molar-refractivity contribution in [3.63, 3.8) is 0 Å². The van der Waals surface area contributed by atoms with Gasteiger partial charge < -0.3 is 5.11 Å². The van der Waals surface area contributed by atoms with E-state index in [4.69, 9.17) is 28.3 Å². The minimum Gasteiger partial charge on any atom is -0.478 e. The van der Waals surface area contributed by atoms with E-state index in [9.17, 15) is 9.18 Å². The highest BCUT2D eigenvalue weighted by Crippen LogP contribution is 2.36. The second-order valence-corrected chi connectivity index (χ2v) is 6.45. The fourth-order valence-electron chi connectivity index (χ4n) is 1.44. The third-order valence-electron chi connectivity index (χ3n) is 2.40. The van der Waals surface area contributed by atoms with Crippen LogP contribution in [-0.4, -0.2) is 11.1 Å². The van der Waals surface area contributed by atoms with Crippen molar-refractivity contribution in [2.24, 2.45) is 0 Å². The van der Waals surface area contributed by atoms with Crippen molar-refractivity contribution in [3.8, 4) is 0 Å². The number of carbonyl (C=O) groups is 1. The monoisotopic (exact) mass is 394 g/mol. The molecule has 0 aliphatic carbocycles. The van der Waals surface area contributed by atoms with Crippen molar-refractivity contribution in [1.29, 1.82) is 0 Å². The van der Waals surface area contributed by atoms with E-state index in [0.717, 1.165) is 11.8 Å². The number of rotatable bonds is 3. The number of hydrogen-bond donors (Lipinski definition) is 1. The van der Waals surface area contributed by atoms with Crippen molar-refractivity contribution in [1.82, 2.24) is 0 Å². The summed E-state index contributed by atoms with van der Waals surface area (Å²) < 4.78 is 14.0. The molecule has 0 amide bonds. The molecule has 0 radical (unpaired) electrons. The standard InChI is InChI=1S/C13H6BrCl2FO2S/c14-11-7(13(18)19)2-4-10(12(11)17)20-6-1-3-8(15)9(16)5-6/h1-5H,(H,18,19). The van der Waals surface area contributed by atoms with Crippen LogP contribution in [0.5, 0.6) is 0 Å². The highest BCUT2D eigenvalue weighted by atomic mass is 79.9. The number of benzene rings is 2. The Kier molecular flexibility index (Phi) is 4.96. The Morgan fingerprint density at radius 3 is 2.50 bits per heavy atom. The first-order valence-electron chi connectivity index (χ1n) is 5.24. The lowest BCUT2D eigenvalue weighted by molar-refractivity contribution is 0.0695. The largest absolute Gasteiger partial charge is 0.478 e. The quantitative estimate of drug-likeness (QED) is 0.719. The van der Waals surface area contributed by atoms with Crippen LogP contribution in [-0.2, 0) is 0 Å². The van der Waals surface area contributed by atoms with Gasteiger partial charge >= 0.3 is 5.97 Å². The summed E-state index contributed by atoms with van der Waals surface area (Å²) >= 11 is 15.8. The predicted octanol–water partition coefficient (Wildman–Crippen LogP) is 5.74. The van der Waals surface area contributed by atoms with E-state index < -0.39 is 11.8 Å². The second-order valence-electron chi connectivity index (χ2n) is 3.72. The average Bonchev–Trinajstić information content (AvgIpc) is 2.39. The topological polar surface area (TPSA) is 37.3 Å². The van der Waals surface area contributed by atoms with Crippen LogP contribution in [0.2, 0.25) is 10.0 Å². The van der Waals surface area contributed by atoms with Gasteiger partial charge in [-0.15, -0.1) is 0 Å². The molecular formula is C13H6BrCl2FO2S. The maximum absolute atomic E-state index is 14.1. The van der Waals surface area contributed by atoms with E-state index in [1.54, 1.807) is 18.2 Å². The normalized spacial score (nSPS) is 10.6. The van der Waals surface area contributed by atoms with Crippen LogP contribution in [0.4, 0.5) is 4.39 Å². The van der Waals surface area contributed by atoms with Gasteiger partial charge in [-0.2, -0.15) is 0 Å². The van der Waals surface area contributed by atoms with Gasteiger partial charge in [-0.25, -0.2) is 9.18 Å². The van der Waals surface area contributed by atoms with E-state index in [1.807, 2.05) is 0 Å². The lowest BCUT2D eigenvalue weighted by Crippen LogP contribution is -2.00. The summed E-state index contributed by atoms with van der Waals surface area (Å²) in [6, 6.07) is 7.70. The van der Waals surface area contributed by atoms with E-state index in [0.29, 0.717) is 19.8 Å². The molecule has 1 N–H and O–H groups in total. The molecule has 0 aliphatic rings. The Morgan fingerprint density at radius 2 is 1.90 bits per heavy atom. The molecule has 2 nitrogen and oxygen atoms in total. The van der Waals surface area contributed by atoms with Crippen LogP contribution < -0.4 is 0 Å². The SMILES string of the molecule is O=C(O)c1ccc(Sc2ccc(Cl)c(Cl)c2)c(F)c1Br. The summed E-state index contributed by atoms with van der Waals surface area (Å²) in [5.41, 5.74) is -0.124. The van der Waals surface area contributed by atoms with Crippen LogP contribution in [0.1, 0.15) is 10.4 Å². The van der Waals surface area contributed by atoms with Gasteiger partial charge in [0.05, 0.1) is 20.1 Å². The predicted molar refractivity (Wildman–Crippen MR) is 81.6 cm³/mol. The van der Waals surface area contributed by atoms with Gasteiger partial charge in [-0.3, -0.25) is 0 Å². The Hall–Kier alpha value is -0.750. The number of carboxylic acids is 1. The first-order valence-corrected chi connectivity index (χ1v) is 7.61. The van der Waals surface area contributed by atoms with Gasteiger partial charge in [0.25, 0.3) is 0 Å². The van der Waals surface area contributed by atoms with Crippen LogP contribution in [0, 0.1) is 5.82 Å². The molecule has 7 heteroatoms. The number of hydrogen-bond acceptors (Lipinski definition) is 2.